The molecule has 7 nitrogen and oxygen atoms in total. The summed E-state index contributed by atoms with van der Waals surface area (Å²) in [7, 11) is 0. The number of imide groups is 1. The molecule has 196 valence electrons. The van der Waals surface area contributed by atoms with Gasteiger partial charge in [-0.1, -0.05) is 44.7 Å². The van der Waals surface area contributed by atoms with Gasteiger partial charge in [-0.25, -0.2) is 9.80 Å². The lowest BCUT2D eigenvalue weighted by Gasteiger charge is -2.29. The summed E-state index contributed by atoms with van der Waals surface area (Å²) in [5, 5.41) is 13.4. The lowest BCUT2D eigenvalue weighted by Crippen LogP contribution is -2.45. The van der Waals surface area contributed by atoms with E-state index in [0.29, 0.717) is 6.42 Å². The third kappa shape index (κ3) is 5.16. The molecule has 5 rings (SSSR count). The molecule has 4 heterocycles. The largest absolute Gasteiger partial charge is 0.325 e. The van der Waals surface area contributed by atoms with E-state index in [4.69, 9.17) is 5.10 Å². The number of hydrazone groups is 1. The van der Waals surface area contributed by atoms with Gasteiger partial charge in [0.1, 0.15) is 12.1 Å². The van der Waals surface area contributed by atoms with E-state index in [1.165, 1.54) is 10.5 Å². The molecule has 0 radical (unpaired) electrons. The predicted octanol–water partition coefficient (Wildman–Crippen LogP) is 6.21. The van der Waals surface area contributed by atoms with Crippen molar-refractivity contribution in [3.8, 4) is 0 Å². The zero-order valence-corrected chi connectivity index (χ0v) is 23.1. The van der Waals surface area contributed by atoms with Crippen LogP contribution in [0.3, 0.4) is 0 Å². The highest BCUT2D eigenvalue weighted by molar-refractivity contribution is 7.11. The first-order valence-corrected chi connectivity index (χ1v) is 15.0. The van der Waals surface area contributed by atoms with Crippen molar-refractivity contribution in [3.63, 3.8) is 0 Å². The van der Waals surface area contributed by atoms with Gasteiger partial charge in [-0.15, -0.1) is 22.7 Å². The molecular formula is C28H34N4O3S2. The third-order valence-electron chi connectivity index (χ3n) is 7.62. The highest BCUT2D eigenvalue weighted by Crippen LogP contribution is 2.45. The Morgan fingerprint density at radius 2 is 2.00 bits per heavy atom. The van der Waals surface area contributed by atoms with Crippen molar-refractivity contribution in [1.82, 2.24) is 15.2 Å². The Morgan fingerprint density at radius 3 is 2.73 bits per heavy atom. The van der Waals surface area contributed by atoms with Crippen molar-refractivity contribution in [3.05, 3.63) is 50.4 Å². The number of hydrogen-bond donors (Lipinski definition) is 1. The van der Waals surface area contributed by atoms with Crippen LogP contribution in [-0.2, 0) is 9.59 Å². The van der Waals surface area contributed by atoms with Gasteiger partial charge in [0.25, 0.3) is 11.8 Å². The Hall–Kier alpha value is -2.78. The second kappa shape index (κ2) is 10.9. The molecule has 0 aromatic carbocycles. The summed E-state index contributed by atoms with van der Waals surface area (Å²) in [6.07, 6.45) is 9.76. The molecule has 2 aromatic rings. The number of carbonyl (C=O) groups is 3. The maximum Gasteiger partial charge on any atom is 0.325 e. The van der Waals surface area contributed by atoms with E-state index >= 15 is 0 Å². The van der Waals surface area contributed by atoms with Crippen molar-refractivity contribution in [2.75, 3.05) is 6.54 Å². The molecule has 2 aromatic heterocycles. The van der Waals surface area contributed by atoms with Crippen LogP contribution in [0, 0.1) is 5.92 Å². The van der Waals surface area contributed by atoms with Crippen molar-refractivity contribution >= 4 is 52.3 Å². The molecule has 1 N–H and O–H groups in total. The minimum absolute atomic E-state index is 0.106. The van der Waals surface area contributed by atoms with Gasteiger partial charge < -0.3 is 5.32 Å². The fraction of sp³-hybridized carbons (Fsp3) is 0.500. The first kappa shape index (κ1) is 25.9. The zero-order valence-electron chi connectivity index (χ0n) is 21.4. The van der Waals surface area contributed by atoms with Crippen LogP contribution in [0.1, 0.15) is 81.0 Å². The number of rotatable bonds is 9. The number of urea groups is 1. The number of carbonyl (C=O) groups excluding carboxylic acids is 3. The predicted molar refractivity (Wildman–Crippen MR) is 148 cm³/mol. The van der Waals surface area contributed by atoms with E-state index in [1.54, 1.807) is 34.6 Å². The van der Waals surface area contributed by atoms with Gasteiger partial charge in [-0.05, 0) is 67.1 Å². The second-order valence-electron chi connectivity index (χ2n) is 10.3. The molecule has 4 amide bonds. The van der Waals surface area contributed by atoms with E-state index in [1.807, 2.05) is 23.6 Å². The minimum atomic E-state index is -0.959. The van der Waals surface area contributed by atoms with Crippen LogP contribution in [0.2, 0.25) is 0 Å². The van der Waals surface area contributed by atoms with Gasteiger partial charge in [0.05, 0.1) is 11.8 Å². The molecule has 37 heavy (non-hydrogen) atoms. The van der Waals surface area contributed by atoms with Crippen LogP contribution in [0.25, 0.3) is 6.08 Å². The molecule has 9 heteroatoms. The molecular weight excluding hydrogens is 504 g/mol. The first-order valence-electron chi connectivity index (χ1n) is 13.2. The molecule has 3 atom stereocenters. The molecule has 2 aliphatic heterocycles. The summed E-state index contributed by atoms with van der Waals surface area (Å²) < 4.78 is 0. The fourth-order valence-electron chi connectivity index (χ4n) is 5.66. The Labute approximate surface area is 226 Å². The van der Waals surface area contributed by atoms with Crippen LogP contribution in [0.4, 0.5) is 4.79 Å². The highest BCUT2D eigenvalue weighted by atomic mass is 32.1. The molecule has 0 unspecified atom stereocenters. The van der Waals surface area contributed by atoms with Crippen LogP contribution in [0.15, 0.2) is 45.7 Å². The monoisotopic (exact) mass is 538 g/mol. The number of hydrogen-bond acceptors (Lipinski definition) is 6. The average molecular weight is 539 g/mol. The first-order chi connectivity index (χ1) is 17.9. The Kier molecular flexibility index (Phi) is 7.62. The summed E-state index contributed by atoms with van der Waals surface area (Å²) >= 11 is 3.30. The SMILES string of the molecule is CCCCCC[C@]1(C)NC(=O)N(CC(=O)N2N=C3/C(=C\c4cccs4)CCC[C@@H]3[C@H]2c2cccs2)C1=O. The zero-order chi connectivity index (χ0) is 26.0. The smallest absolute Gasteiger partial charge is 0.323 e. The molecule has 1 saturated heterocycles. The van der Waals surface area contributed by atoms with Crippen molar-refractivity contribution in [2.24, 2.45) is 11.0 Å². The molecule has 3 aliphatic rings. The van der Waals surface area contributed by atoms with Crippen LogP contribution in [0.5, 0.6) is 0 Å². The summed E-state index contributed by atoms with van der Waals surface area (Å²) in [5.74, 6) is -0.540. The summed E-state index contributed by atoms with van der Waals surface area (Å²) in [4.78, 5) is 43.1. The minimum Gasteiger partial charge on any atom is -0.323 e. The van der Waals surface area contributed by atoms with Crippen molar-refractivity contribution < 1.29 is 14.4 Å². The normalized spacial score (nSPS) is 26.5. The lowest BCUT2D eigenvalue weighted by molar-refractivity contribution is -0.140. The molecule has 2 fully saturated rings. The fourth-order valence-corrected chi connectivity index (χ4v) is 7.22. The van der Waals surface area contributed by atoms with E-state index in [-0.39, 0.29) is 30.3 Å². The van der Waals surface area contributed by atoms with Crippen molar-refractivity contribution in [1.29, 1.82) is 0 Å². The van der Waals surface area contributed by atoms with Crippen molar-refractivity contribution in [2.45, 2.75) is 76.8 Å². The van der Waals surface area contributed by atoms with Crippen LogP contribution in [-0.4, -0.2) is 45.5 Å². The standard InChI is InChI=1S/C28H34N4O3S2/c1-3-4-5-6-14-28(2)26(34)31(27(35)29-28)18-23(33)32-25(22-13-9-16-37-22)21-12-7-10-19(24(21)30-32)17-20-11-8-15-36-20/h8-9,11,13,15-17,21,25H,3-7,10,12,14,18H2,1-2H3,(H,29,35)/b19-17-/t21-,25-,28-/m0/s1. The highest BCUT2D eigenvalue weighted by Gasteiger charge is 2.50. The maximum atomic E-state index is 13.7. The van der Waals surface area contributed by atoms with E-state index in [0.717, 1.165) is 60.4 Å². The Bertz CT molecular complexity index is 1200. The number of thiophene rings is 2. The second-order valence-corrected chi connectivity index (χ2v) is 12.3. The number of nitrogens with zero attached hydrogens (tertiary/aromatic N) is 3. The molecule has 1 aliphatic carbocycles. The quantitative estimate of drug-likeness (QED) is 0.304. The average Bonchev–Trinajstić information content (AvgIpc) is 3.67. The number of allylic oxidation sites excluding steroid dienone is 1. The summed E-state index contributed by atoms with van der Waals surface area (Å²) in [5.41, 5.74) is 1.18. The third-order valence-corrected chi connectivity index (χ3v) is 9.38. The van der Waals surface area contributed by atoms with Gasteiger partial charge in [-0.3, -0.25) is 14.5 Å². The maximum absolute atomic E-state index is 13.7. The van der Waals surface area contributed by atoms with Gasteiger partial charge in [-0.2, -0.15) is 5.10 Å². The molecule has 0 bridgehead atoms. The van der Waals surface area contributed by atoms with Gasteiger partial charge in [0.15, 0.2) is 0 Å². The Morgan fingerprint density at radius 1 is 1.19 bits per heavy atom. The van der Waals surface area contributed by atoms with Gasteiger partial charge >= 0.3 is 6.03 Å². The summed E-state index contributed by atoms with van der Waals surface area (Å²) in [6.45, 7) is 3.61. The van der Waals surface area contributed by atoms with E-state index in [2.05, 4.69) is 29.8 Å². The topological polar surface area (TPSA) is 82.1 Å². The van der Waals surface area contributed by atoms with Crippen LogP contribution < -0.4 is 5.32 Å². The number of unbranched alkanes of at least 4 members (excludes halogenated alkanes) is 3. The molecule has 1 saturated carbocycles. The van der Waals surface area contributed by atoms with Crippen LogP contribution >= 0.6 is 22.7 Å². The van der Waals surface area contributed by atoms with E-state index in [9.17, 15) is 14.4 Å². The lowest BCUT2D eigenvalue weighted by atomic mass is 9.79. The number of amides is 4. The van der Waals surface area contributed by atoms with Gasteiger partial charge in [0, 0.05) is 15.7 Å². The van der Waals surface area contributed by atoms with E-state index < -0.39 is 11.6 Å². The number of nitrogens with one attached hydrogen (secondary N) is 1. The van der Waals surface area contributed by atoms with Gasteiger partial charge in [0.2, 0.25) is 0 Å². The Balaban J connectivity index is 1.38. The summed E-state index contributed by atoms with van der Waals surface area (Å²) in [6, 6.07) is 7.46. The number of fused-ring (bicyclic) bond motifs is 1. The molecule has 0 spiro atoms.